The minimum atomic E-state index is -0.278. The van der Waals surface area contributed by atoms with Crippen molar-refractivity contribution in [2.45, 2.75) is 44.3 Å². The van der Waals surface area contributed by atoms with Gasteiger partial charge < -0.3 is 0 Å². The zero-order chi connectivity index (χ0) is 17.1. The largest absolute Gasteiger partial charge is 0.294 e. The van der Waals surface area contributed by atoms with Gasteiger partial charge in [0.05, 0.1) is 5.25 Å². The van der Waals surface area contributed by atoms with Gasteiger partial charge in [-0.15, -0.1) is 0 Å². The van der Waals surface area contributed by atoms with Crippen LogP contribution >= 0.6 is 43.6 Å². The lowest BCUT2D eigenvalue weighted by molar-refractivity contribution is -0.124. The quantitative estimate of drug-likeness (QED) is 0.513. The smallest absolute Gasteiger partial charge is 0.166 e. The van der Waals surface area contributed by atoms with Crippen molar-refractivity contribution in [2.75, 3.05) is 5.75 Å². The summed E-state index contributed by atoms with van der Waals surface area (Å²) < 4.78 is 2.08. The van der Waals surface area contributed by atoms with Crippen LogP contribution in [0.5, 0.6) is 0 Å². The van der Waals surface area contributed by atoms with Crippen molar-refractivity contribution in [1.29, 1.82) is 0 Å². The second kappa shape index (κ2) is 6.10. The monoisotopic (exact) mass is 467 g/mol. The first-order chi connectivity index (χ1) is 11.4. The molecule has 24 heavy (non-hydrogen) atoms. The van der Waals surface area contributed by atoms with Crippen LogP contribution in [0.25, 0.3) is 0 Å². The third-order valence-corrected chi connectivity index (χ3v) is 8.56. The molecule has 2 aliphatic heterocycles. The molecule has 0 bridgehead atoms. The Labute approximate surface area is 163 Å². The van der Waals surface area contributed by atoms with Gasteiger partial charge in [-0.2, -0.15) is 11.8 Å². The number of benzene rings is 1. The van der Waals surface area contributed by atoms with E-state index in [0.29, 0.717) is 11.0 Å². The highest BCUT2D eigenvalue weighted by Gasteiger charge is 2.46. The van der Waals surface area contributed by atoms with Crippen molar-refractivity contribution in [2.24, 2.45) is 10.4 Å². The molecular weight excluding hydrogens is 450 g/mol. The molecule has 1 saturated heterocycles. The maximum atomic E-state index is 13.2. The molecule has 0 aromatic heterocycles. The van der Waals surface area contributed by atoms with E-state index in [9.17, 15) is 4.79 Å². The number of carbonyl (C=O) groups is 1. The Kier molecular flexibility index (Phi) is 4.33. The van der Waals surface area contributed by atoms with Crippen LogP contribution in [0.3, 0.4) is 0 Å². The van der Waals surface area contributed by atoms with Crippen molar-refractivity contribution in [1.82, 2.24) is 0 Å². The predicted octanol–water partition coefficient (Wildman–Crippen LogP) is 5.90. The molecule has 0 spiro atoms. The molecule has 1 aromatic rings. The third-order valence-electron chi connectivity index (χ3n) is 5.34. The van der Waals surface area contributed by atoms with Gasteiger partial charge in [-0.3, -0.25) is 9.79 Å². The van der Waals surface area contributed by atoms with E-state index < -0.39 is 0 Å². The van der Waals surface area contributed by atoms with E-state index in [0.717, 1.165) is 45.2 Å². The Hall–Kier alpha value is -0.390. The summed E-state index contributed by atoms with van der Waals surface area (Å²) in [5.74, 6) is 1.54. The van der Waals surface area contributed by atoms with Crippen LogP contribution < -0.4 is 0 Å². The van der Waals surface area contributed by atoms with Gasteiger partial charge in [0.2, 0.25) is 0 Å². The van der Waals surface area contributed by atoms with Crippen LogP contribution in [0.2, 0.25) is 0 Å². The highest BCUT2D eigenvalue weighted by atomic mass is 79.9. The van der Waals surface area contributed by atoms with Crippen LogP contribution in [0.4, 0.5) is 0 Å². The highest BCUT2D eigenvalue weighted by Crippen LogP contribution is 2.51. The normalized spacial score (nSPS) is 28.5. The van der Waals surface area contributed by atoms with Crippen molar-refractivity contribution in [3.63, 3.8) is 0 Å². The third kappa shape index (κ3) is 2.67. The highest BCUT2D eigenvalue weighted by molar-refractivity contribution is 9.13. The van der Waals surface area contributed by atoms with Crippen LogP contribution in [-0.2, 0) is 4.79 Å². The summed E-state index contributed by atoms with van der Waals surface area (Å²) in [6.07, 6.45) is 2.87. The van der Waals surface area contributed by atoms with Crippen molar-refractivity contribution in [3.05, 3.63) is 44.0 Å². The van der Waals surface area contributed by atoms with E-state index in [1.807, 2.05) is 11.8 Å². The summed E-state index contributed by atoms with van der Waals surface area (Å²) in [5.41, 5.74) is 4.26. The fourth-order valence-electron chi connectivity index (χ4n) is 3.92. The Balaban J connectivity index is 1.89. The molecule has 1 fully saturated rings. The first-order valence-electron chi connectivity index (χ1n) is 8.30. The number of fused-ring (bicyclic) bond motifs is 1. The number of halogens is 2. The summed E-state index contributed by atoms with van der Waals surface area (Å²) >= 11 is 9.13. The van der Waals surface area contributed by atoms with E-state index >= 15 is 0 Å². The second-order valence-electron chi connectivity index (χ2n) is 7.37. The average Bonchev–Trinajstić information content (AvgIpc) is 3.00. The maximum absolute atomic E-state index is 13.2. The van der Waals surface area contributed by atoms with E-state index in [2.05, 4.69) is 63.9 Å². The molecule has 2 unspecified atom stereocenters. The van der Waals surface area contributed by atoms with E-state index in [4.69, 9.17) is 4.99 Å². The van der Waals surface area contributed by atoms with Crippen LogP contribution in [0.15, 0.2) is 43.4 Å². The number of carbonyl (C=O) groups excluding carboxylic acids is 1. The molecule has 5 heteroatoms. The zero-order valence-electron chi connectivity index (χ0n) is 13.7. The summed E-state index contributed by atoms with van der Waals surface area (Å²) in [6, 6.07) is 6.39. The summed E-state index contributed by atoms with van der Waals surface area (Å²) in [6.45, 7) is 4.16. The minimum Gasteiger partial charge on any atom is -0.294 e. The number of thioether (sulfide) groups is 1. The van der Waals surface area contributed by atoms with Gasteiger partial charge in [-0.05, 0) is 74.6 Å². The molecule has 0 saturated carbocycles. The van der Waals surface area contributed by atoms with Gasteiger partial charge in [0.25, 0.3) is 0 Å². The van der Waals surface area contributed by atoms with Gasteiger partial charge in [0, 0.05) is 37.3 Å². The van der Waals surface area contributed by atoms with Crippen molar-refractivity contribution in [3.8, 4) is 0 Å². The SMILES string of the molecule is CC1(C)CCC2=C(C1=O)C(c1ccc(Br)c(Br)c1)C1SCCC1=N2. The molecule has 2 heterocycles. The molecule has 3 aliphatic rings. The number of hydrogen-bond donors (Lipinski definition) is 0. The van der Waals surface area contributed by atoms with Gasteiger partial charge in [0.15, 0.2) is 5.78 Å². The summed E-state index contributed by atoms with van der Waals surface area (Å²) in [5, 5.41) is 0.315. The molecule has 2 atom stereocenters. The number of allylic oxidation sites excluding steroid dienone is 2. The van der Waals surface area contributed by atoms with Gasteiger partial charge in [0.1, 0.15) is 0 Å². The number of rotatable bonds is 1. The first-order valence-corrected chi connectivity index (χ1v) is 10.9. The zero-order valence-corrected chi connectivity index (χ0v) is 17.7. The molecule has 0 radical (unpaired) electrons. The molecule has 1 aliphatic carbocycles. The predicted molar refractivity (Wildman–Crippen MR) is 108 cm³/mol. The molecule has 126 valence electrons. The Morgan fingerprint density at radius 1 is 1.21 bits per heavy atom. The number of hydrogen-bond acceptors (Lipinski definition) is 3. The minimum absolute atomic E-state index is 0.136. The van der Waals surface area contributed by atoms with Crippen LogP contribution in [0, 0.1) is 5.41 Å². The lowest BCUT2D eigenvalue weighted by Gasteiger charge is -2.38. The van der Waals surface area contributed by atoms with Gasteiger partial charge in [-0.1, -0.05) is 19.9 Å². The van der Waals surface area contributed by atoms with E-state index in [-0.39, 0.29) is 11.3 Å². The number of nitrogens with zero attached hydrogens (tertiary/aromatic N) is 1. The molecular formula is C19H19Br2NOS. The molecule has 2 nitrogen and oxygen atoms in total. The second-order valence-corrected chi connectivity index (χ2v) is 10.3. The fourth-order valence-corrected chi connectivity index (χ4v) is 5.99. The molecule has 4 rings (SSSR count). The lowest BCUT2D eigenvalue weighted by atomic mass is 9.68. The summed E-state index contributed by atoms with van der Waals surface area (Å²) in [7, 11) is 0. The molecule has 0 amide bonds. The lowest BCUT2D eigenvalue weighted by Crippen LogP contribution is -2.38. The van der Waals surface area contributed by atoms with Crippen molar-refractivity contribution >= 4 is 55.1 Å². The maximum Gasteiger partial charge on any atom is 0.166 e. The first kappa shape index (κ1) is 17.0. The summed E-state index contributed by atoms with van der Waals surface area (Å²) in [4.78, 5) is 18.2. The van der Waals surface area contributed by atoms with E-state index in [1.54, 1.807) is 0 Å². The van der Waals surface area contributed by atoms with Crippen LogP contribution in [-0.4, -0.2) is 22.5 Å². The van der Waals surface area contributed by atoms with Gasteiger partial charge >= 0.3 is 0 Å². The topological polar surface area (TPSA) is 29.4 Å². The number of Topliss-reactive ketones (excluding diaryl/α,β-unsaturated/α-hetero) is 1. The molecule has 1 aromatic carbocycles. The van der Waals surface area contributed by atoms with Crippen LogP contribution in [0.1, 0.15) is 44.6 Å². The number of aliphatic imine (C=N–C) groups is 1. The average molecular weight is 469 g/mol. The Bertz CT molecular complexity index is 797. The van der Waals surface area contributed by atoms with E-state index in [1.165, 1.54) is 11.3 Å². The fraction of sp³-hybridized carbons (Fsp3) is 0.474. The van der Waals surface area contributed by atoms with Crippen molar-refractivity contribution < 1.29 is 4.79 Å². The standard InChI is InChI=1S/C19H19Br2NOS/c1-19(2)7-5-13-16(18(19)23)15(17-14(22-13)6-8-24-17)10-3-4-11(20)12(21)9-10/h3-4,9,15,17H,5-8H2,1-2H3. The Morgan fingerprint density at radius 3 is 2.75 bits per heavy atom. The number of ketones is 1. The van der Waals surface area contributed by atoms with Gasteiger partial charge in [-0.25, -0.2) is 0 Å². The Morgan fingerprint density at radius 2 is 2.00 bits per heavy atom. The molecule has 0 N–H and O–H groups in total.